The maximum absolute atomic E-state index is 5.93. The van der Waals surface area contributed by atoms with Crippen LogP contribution in [0, 0.1) is 0 Å². The molecule has 0 atom stereocenters. The minimum atomic E-state index is -0.516. The van der Waals surface area contributed by atoms with E-state index in [0.717, 1.165) is 0 Å². The number of nitrogens with two attached hydrogens (primary N) is 1. The molecule has 0 saturated carbocycles. The standard InChI is InChI=1S/C12H19BN2O3/c1-11(2)12(3,4)18-13(17-11)9-6-8(16-5)7-15-10(9)14/h6-7H,1-5H3,(H2,14,15). The second-order valence-electron chi connectivity index (χ2n) is 5.44. The van der Waals surface area contributed by atoms with Gasteiger partial charge in [0.05, 0.1) is 24.5 Å². The first kappa shape index (κ1) is 13.2. The van der Waals surface area contributed by atoms with E-state index in [1.165, 1.54) is 0 Å². The van der Waals surface area contributed by atoms with E-state index in [1.54, 1.807) is 19.4 Å². The summed E-state index contributed by atoms with van der Waals surface area (Å²) >= 11 is 0. The van der Waals surface area contributed by atoms with Crippen LogP contribution in [-0.2, 0) is 9.31 Å². The van der Waals surface area contributed by atoms with E-state index >= 15 is 0 Å². The molecule has 0 aromatic carbocycles. The Bertz CT molecular complexity index is 447. The third kappa shape index (κ3) is 2.06. The zero-order valence-electron chi connectivity index (χ0n) is 11.5. The van der Waals surface area contributed by atoms with E-state index in [9.17, 15) is 0 Å². The lowest BCUT2D eigenvalue weighted by Gasteiger charge is -2.32. The van der Waals surface area contributed by atoms with Crippen molar-refractivity contribution < 1.29 is 14.0 Å². The minimum Gasteiger partial charge on any atom is -0.495 e. The van der Waals surface area contributed by atoms with Gasteiger partial charge in [0.1, 0.15) is 11.6 Å². The van der Waals surface area contributed by atoms with E-state index in [2.05, 4.69) is 4.98 Å². The smallest absolute Gasteiger partial charge is 0.495 e. The molecule has 0 spiro atoms. The molecule has 1 aliphatic rings. The number of nitrogens with zero attached hydrogens (tertiary/aromatic N) is 1. The average Bonchev–Trinajstić information content (AvgIpc) is 2.48. The Morgan fingerprint density at radius 2 is 1.78 bits per heavy atom. The Hall–Kier alpha value is -1.27. The first-order chi connectivity index (χ1) is 8.27. The largest absolute Gasteiger partial charge is 0.498 e. The van der Waals surface area contributed by atoms with E-state index in [1.807, 2.05) is 27.7 Å². The second kappa shape index (κ2) is 4.14. The lowest BCUT2D eigenvalue weighted by Crippen LogP contribution is -2.41. The monoisotopic (exact) mass is 250 g/mol. The summed E-state index contributed by atoms with van der Waals surface area (Å²) in [5.41, 5.74) is 5.79. The molecule has 0 bridgehead atoms. The highest BCUT2D eigenvalue weighted by Gasteiger charge is 2.52. The summed E-state index contributed by atoms with van der Waals surface area (Å²) in [5, 5.41) is 0. The summed E-state index contributed by atoms with van der Waals surface area (Å²) in [6.07, 6.45) is 1.57. The Morgan fingerprint density at radius 3 is 2.28 bits per heavy atom. The van der Waals surface area contributed by atoms with E-state index in [4.69, 9.17) is 19.8 Å². The number of anilines is 1. The van der Waals surface area contributed by atoms with Crippen LogP contribution >= 0.6 is 0 Å². The molecule has 1 aromatic heterocycles. The highest BCUT2D eigenvalue weighted by molar-refractivity contribution is 6.63. The molecule has 98 valence electrons. The molecule has 5 nitrogen and oxygen atoms in total. The lowest BCUT2D eigenvalue weighted by molar-refractivity contribution is 0.00578. The van der Waals surface area contributed by atoms with Crippen molar-refractivity contribution >= 4 is 18.4 Å². The molecule has 0 aliphatic carbocycles. The van der Waals surface area contributed by atoms with Crippen molar-refractivity contribution in [2.24, 2.45) is 0 Å². The summed E-state index contributed by atoms with van der Waals surface area (Å²) < 4.78 is 17.0. The van der Waals surface area contributed by atoms with Gasteiger partial charge in [0.25, 0.3) is 0 Å². The number of nitrogen functional groups attached to an aromatic ring is 1. The van der Waals surface area contributed by atoms with Gasteiger partial charge in [0.15, 0.2) is 0 Å². The van der Waals surface area contributed by atoms with Crippen LogP contribution in [0.3, 0.4) is 0 Å². The fourth-order valence-corrected chi connectivity index (χ4v) is 1.74. The number of hydrogen-bond donors (Lipinski definition) is 1. The van der Waals surface area contributed by atoms with Gasteiger partial charge in [-0.25, -0.2) is 4.98 Å². The number of pyridine rings is 1. The summed E-state index contributed by atoms with van der Waals surface area (Å²) in [7, 11) is 1.07. The van der Waals surface area contributed by atoms with Gasteiger partial charge in [-0.1, -0.05) is 0 Å². The number of rotatable bonds is 2. The summed E-state index contributed by atoms with van der Waals surface area (Å²) in [4.78, 5) is 4.08. The third-order valence-corrected chi connectivity index (χ3v) is 3.67. The van der Waals surface area contributed by atoms with Crippen molar-refractivity contribution in [3.8, 4) is 5.75 Å². The van der Waals surface area contributed by atoms with Gasteiger partial charge in [0.2, 0.25) is 0 Å². The minimum absolute atomic E-state index is 0.396. The topological polar surface area (TPSA) is 66.6 Å². The van der Waals surface area contributed by atoms with Crippen LogP contribution in [0.25, 0.3) is 0 Å². The molecule has 2 N–H and O–H groups in total. The van der Waals surface area contributed by atoms with Crippen LogP contribution < -0.4 is 15.9 Å². The highest BCUT2D eigenvalue weighted by atomic mass is 16.7. The zero-order valence-corrected chi connectivity index (χ0v) is 11.5. The number of aromatic nitrogens is 1. The van der Waals surface area contributed by atoms with Crippen LogP contribution in [0.1, 0.15) is 27.7 Å². The molecule has 18 heavy (non-hydrogen) atoms. The SMILES string of the molecule is COc1cnc(N)c(B2OC(C)(C)C(C)(C)O2)c1. The summed E-state index contributed by atoms with van der Waals surface area (Å²) in [6, 6.07) is 1.80. The van der Waals surface area contributed by atoms with Crippen LogP contribution in [-0.4, -0.2) is 30.4 Å². The van der Waals surface area contributed by atoms with Crippen molar-refractivity contribution in [3.63, 3.8) is 0 Å². The van der Waals surface area contributed by atoms with Crippen molar-refractivity contribution in [2.75, 3.05) is 12.8 Å². The van der Waals surface area contributed by atoms with Gasteiger partial charge in [-0.2, -0.15) is 0 Å². The van der Waals surface area contributed by atoms with Gasteiger partial charge < -0.3 is 19.8 Å². The lowest BCUT2D eigenvalue weighted by atomic mass is 9.79. The molecule has 2 rings (SSSR count). The van der Waals surface area contributed by atoms with Gasteiger partial charge in [-0.15, -0.1) is 0 Å². The molecule has 0 radical (unpaired) electrons. The molecular formula is C12H19BN2O3. The van der Waals surface area contributed by atoms with Crippen molar-refractivity contribution in [1.82, 2.24) is 4.98 Å². The molecule has 0 amide bonds. The van der Waals surface area contributed by atoms with Gasteiger partial charge in [-0.05, 0) is 33.8 Å². The van der Waals surface area contributed by atoms with E-state index in [-0.39, 0.29) is 0 Å². The number of methoxy groups -OCH3 is 1. The molecular weight excluding hydrogens is 231 g/mol. The van der Waals surface area contributed by atoms with Crippen molar-refractivity contribution in [1.29, 1.82) is 0 Å². The predicted molar refractivity (Wildman–Crippen MR) is 70.9 cm³/mol. The fourth-order valence-electron chi connectivity index (χ4n) is 1.74. The second-order valence-corrected chi connectivity index (χ2v) is 5.44. The van der Waals surface area contributed by atoms with E-state index in [0.29, 0.717) is 17.0 Å². The van der Waals surface area contributed by atoms with Crippen LogP contribution in [0.2, 0.25) is 0 Å². The third-order valence-electron chi connectivity index (χ3n) is 3.67. The maximum atomic E-state index is 5.93. The van der Waals surface area contributed by atoms with Gasteiger partial charge >= 0.3 is 7.12 Å². The average molecular weight is 250 g/mol. The molecule has 6 heteroatoms. The number of ether oxygens (including phenoxy) is 1. The van der Waals surface area contributed by atoms with Gasteiger partial charge in [0, 0.05) is 5.46 Å². The molecule has 2 heterocycles. The Balaban J connectivity index is 2.34. The Labute approximate surface area is 108 Å². The zero-order chi connectivity index (χ0) is 13.6. The maximum Gasteiger partial charge on any atom is 0.498 e. The molecule has 1 aliphatic heterocycles. The predicted octanol–water partition coefficient (Wildman–Crippen LogP) is 0.972. The summed E-state index contributed by atoms with van der Waals surface area (Å²) in [5.74, 6) is 1.03. The Morgan fingerprint density at radius 1 is 1.22 bits per heavy atom. The van der Waals surface area contributed by atoms with Crippen molar-refractivity contribution in [3.05, 3.63) is 12.3 Å². The molecule has 1 fully saturated rings. The quantitative estimate of drug-likeness (QED) is 0.792. The molecule has 0 unspecified atom stereocenters. The first-order valence-corrected chi connectivity index (χ1v) is 5.92. The Kier molecular flexibility index (Phi) is 3.03. The van der Waals surface area contributed by atoms with Gasteiger partial charge in [-0.3, -0.25) is 0 Å². The first-order valence-electron chi connectivity index (χ1n) is 5.92. The molecule has 1 aromatic rings. The van der Waals surface area contributed by atoms with Crippen LogP contribution in [0.15, 0.2) is 12.3 Å². The highest BCUT2D eigenvalue weighted by Crippen LogP contribution is 2.36. The molecule has 1 saturated heterocycles. The van der Waals surface area contributed by atoms with Crippen LogP contribution in [0.4, 0.5) is 5.82 Å². The fraction of sp³-hybridized carbons (Fsp3) is 0.583. The van der Waals surface area contributed by atoms with E-state index < -0.39 is 18.3 Å². The number of hydrogen-bond acceptors (Lipinski definition) is 5. The van der Waals surface area contributed by atoms with Crippen molar-refractivity contribution in [2.45, 2.75) is 38.9 Å². The summed E-state index contributed by atoms with van der Waals surface area (Å²) in [6.45, 7) is 7.99. The van der Waals surface area contributed by atoms with Crippen LogP contribution in [0.5, 0.6) is 5.75 Å². The normalized spacial score (nSPS) is 21.1.